The van der Waals surface area contributed by atoms with E-state index >= 15 is 0 Å². The van der Waals surface area contributed by atoms with Crippen molar-refractivity contribution in [2.45, 2.75) is 176 Å². The molecule has 0 radical (unpaired) electrons. The van der Waals surface area contributed by atoms with Gasteiger partial charge >= 0.3 is 25.7 Å². The predicted molar refractivity (Wildman–Crippen MR) is 166 cm³/mol. The highest BCUT2D eigenvalue weighted by molar-refractivity contribution is 6.94. The van der Waals surface area contributed by atoms with Crippen molar-refractivity contribution in [3.05, 3.63) is 0 Å². The minimum Gasteiger partial charge on any atom is -0.415 e. The average molecular weight is 559 g/mol. The quantitative estimate of drug-likeness (QED) is 0.103. The Balaban J connectivity index is 2.98. The van der Waals surface area contributed by atoms with Crippen molar-refractivity contribution >= 4 is 25.7 Å². The Morgan fingerprint density at radius 1 is 0.389 bits per heavy atom. The van der Waals surface area contributed by atoms with Crippen molar-refractivity contribution in [3.63, 3.8) is 0 Å². The van der Waals surface area contributed by atoms with E-state index in [9.17, 15) is 0 Å². The van der Waals surface area contributed by atoms with Gasteiger partial charge in [0.25, 0.3) is 0 Å². The standard InChI is InChI=1S/C30H66O3Si3/c1-10-34(25-19-13-16-22-28(4)5)31-35(11-2,26-20-14-17-23-29(6)7)33-36(12-3,32-34)27-21-15-18-24-30(8)9/h28-30H,10-27H2,1-9H3. The Morgan fingerprint density at radius 3 is 0.833 bits per heavy atom. The van der Waals surface area contributed by atoms with Crippen molar-refractivity contribution < 1.29 is 12.3 Å². The molecule has 1 saturated heterocycles. The molecule has 1 heterocycles. The van der Waals surface area contributed by atoms with Gasteiger partial charge in [0.1, 0.15) is 0 Å². The molecule has 216 valence electrons. The van der Waals surface area contributed by atoms with Crippen LogP contribution in [0.15, 0.2) is 0 Å². The first-order valence-electron chi connectivity index (χ1n) is 16.2. The van der Waals surface area contributed by atoms with Crippen molar-refractivity contribution in [3.8, 4) is 0 Å². The number of rotatable bonds is 21. The van der Waals surface area contributed by atoms with Crippen molar-refractivity contribution in [2.75, 3.05) is 0 Å². The van der Waals surface area contributed by atoms with Gasteiger partial charge in [-0.2, -0.15) is 0 Å². The van der Waals surface area contributed by atoms with Gasteiger partial charge in [0.05, 0.1) is 0 Å². The molecule has 1 rings (SSSR count). The third-order valence-corrected chi connectivity index (χ3v) is 23.8. The summed E-state index contributed by atoms with van der Waals surface area (Å²) < 4.78 is 21.9. The molecule has 0 amide bonds. The van der Waals surface area contributed by atoms with Gasteiger partial charge < -0.3 is 12.3 Å². The summed E-state index contributed by atoms with van der Waals surface area (Å²) >= 11 is 0. The maximum absolute atomic E-state index is 7.30. The summed E-state index contributed by atoms with van der Waals surface area (Å²) in [5.41, 5.74) is 0. The highest BCUT2D eigenvalue weighted by Gasteiger charge is 2.59. The lowest BCUT2D eigenvalue weighted by Gasteiger charge is -2.53. The van der Waals surface area contributed by atoms with E-state index < -0.39 is 25.7 Å². The second kappa shape index (κ2) is 18.0. The summed E-state index contributed by atoms with van der Waals surface area (Å²) in [6.07, 6.45) is 15.9. The summed E-state index contributed by atoms with van der Waals surface area (Å²) in [7, 11) is -6.66. The summed E-state index contributed by atoms with van der Waals surface area (Å²) in [6, 6.07) is 6.87. The molecular weight excluding hydrogens is 493 g/mol. The van der Waals surface area contributed by atoms with Gasteiger partial charge in [0, 0.05) is 0 Å². The predicted octanol–water partition coefficient (Wildman–Crippen LogP) is 11.1. The van der Waals surface area contributed by atoms with Crippen LogP contribution < -0.4 is 0 Å². The first-order valence-corrected chi connectivity index (χ1v) is 22.8. The first kappa shape index (κ1) is 34.6. The van der Waals surface area contributed by atoms with Crippen LogP contribution in [0.25, 0.3) is 0 Å². The second-order valence-corrected chi connectivity index (χ2v) is 24.6. The van der Waals surface area contributed by atoms with Crippen LogP contribution in [0.1, 0.15) is 139 Å². The molecule has 0 aliphatic carbocycles. The fourth-order valence-corrected chi connectivity index (χ4v) is 24.8. The summed E-state index contributed by atoms with van der Waals surface area (Å²) in [6.45, 7) is 21.2. The van der Waals surface area contributed by atoms with Gasteiger partial charge in [-0.05, 0) is 54.0 Å². The molecule has 0 unspecified atom stereocenters. The maximum atomic E-state index is 7.30. The zero-order chi connectivity index (χ0) is 27.1. The van der Waals surface area contributed by atoms with Gasteiger partial charge in [0.15, 0.2) is 0 Å². The van der Waals surface area contributed by atoms with E-state index in [1.54, 1.807) is 0 Å². The Bertz CT molecular complexity index is 471. The van der Waals surface area contributed by atoms with Crippen LogP contribution in [-0.2, 0) is 12.3 Å². The van der Waals surface area contributed by atoms with Crippen LogP contribution in [0, 0.1) is 17.8 Å². The molecule has 3 nitrogen and oxygen atoms in total. The molecule has 1 aliphatic heterocycles. The molecule has 0 spiro atoms. The highest BCUT2D eigenvalue weighted by Crippen LogP contribution is 2.43. The molecule has 0 bridgehead atoms. The third-order valence-electron chi connectivity index (χ3n) is 8.25. The van der Waals surface area contributed by atoms with Gasteiger partial charge in [-0.1, -0.05) is 139 Å². The molecule has 1 aliphatic rings. The highest BCUT2D eigenvalue weighted by atomic mass is 28.5. The Labute approximate surface area is 231 Å². The molecule has 0 N–H and O–H groups in total. The summed E-state index contributed by atoms with van der Waals surface area (Å²) in [5, 5.41) is 0. The van der Waals surface area contributed by atoms with Crippen LogP contribution in [0.5, 0.6) is 0 Å². The fourth-order valence-electron chi connectivity index (χ4n) is 5.72. The van der Waals surface area contributed by atoms with E-state index in [0.717, 1.165) is 35.9 Å². The molecular formula is C30H66O3Si3. The van der Waals surface area contributed by atoms with E-state index in [0.29, 0.717) is 0 Å². The molecule has 0 saturated carbocycles. The van der Waals surface area contributed by atoms with Gasteiger partial charge in [0.2, 0.25) is 0 Å². The van der Waals surface area contributed by atoms with Crippen LogP contribution in [0.4, 0.5) is 0 Å². The van der Waals surface area contributed by atoms with Gasteiger partial charge in [-0.15, -0.1) is 0 Å². The van der Waals surface area contributed by atoms with Gasteiger partial charge in [-0.25, -0.2) is 0 Å². The van der Waals surface area contributed by atoms with E-state index in [2.05, 4.69) is 62.3 Å². The number of hydrogen-bond acceptors (Lipinski definition) is 3. The van der Waals surface area contributed by atoms with Crippen LogP contribution in [-0.4, -0.2) is 25.7 Å². The van der Waals surface area contributed by atoms with E-state index in [4.69, 9.17) is 12.3 Å². The minimum atomic E-state index is -2.22. The Morgan fingerprint density at radius 2 is 0.639 bits per heavy atom. The lowest BCUT2D eigenvalue weighted by Crippen LogP contribution is -2.69. The van der Waals surface area contributed by atoms with E-state index in [1.807, 2.05) is 0 Å². The molecule has 0 atom stereocenters. The van der Waals surface area contributed by atoms with Gasteiger partial charge in [-0.3, -0.25) is 0 Å². The van der Waals surface area contributed by atoms with Crippen LogP contribution in [0.2, 0.25) is 36.3 Å². The number of hydrogen-bond donors (Lipinski definition) is 0. The molecule has 1 fully saturated rings. The second-order valence-electron chi connectivity index (χ2n) is 13.1. The summed E-state index contributed by atoms with van der Waals surface area (Å²) in [4.78, 5) is 0. The largest absolute Gasteiger partial charge is 0.415 e. The number of unbranched alkanes of at least 4 members (excludes halogenated alkanes) is 6. The van der Waals surface area contributed by atoms with E-state index in [-0.39, 0.29) is 0 Å². The monoisotopic (exact) mass is 558 g/mol. The molecule has 0 aromatic carbocycles. The lowest BCUT2D eigenvalue weighted by molar-refractivity contribution is 0.206. The normalized spacial score (nSPS) is 27.0. The molecule has 0 aromatic heterocycles. The fraction of sp³-hybridized carbons (Fsp3) is 1.00. The molecule has 6 heteroatoms. The molecule has 0 aromatic rings. The zero-order valence-corrected chi connectivity index (χ0v) is 29.2. The van der Waals surface area contributed by atoms with Crippen molar-refractivity contribution in [2.24, 2.45) is 17.8 Å². The van der Waals surface area contributed by atoms with Crippen molar-refractivity contribution in [1.82, 2.24) is 0 Å². The van der Waals surface area contributed by atoms with E-state index in [1.165, 1.54) is 95.2 Å². The smallest absolute Gasteiger partial charge is 0.320 e. The minimum absolute atomic E-state index is 0.810. The SMILES string of the molecule is CC[Si]1(CCCCCC(C)C)O[Si](CC)(CCCCCC(C)C)O[Si](CC)(CCCCCC(C)C)O1. The van der Waals surface area contributed by atoms with Crippen molar-refractivity contribution in [1.29, 1.82) is 0 Å². The molecule has 36 heavy (non-hydrogen) atoms. The maximum Gasteiger partial charge on any atom is 0.320 e. The average Bonchev–Trinajstić information content (AvgIpc) is 2.82. The summed E-state index contributed by atoms with van der Waals surface area (Å²) in [5.74, 6) is 2.43. The Hall–Kier alpha value is 0.531. The van der Waals surface area contributed by atoms with Crippen LogP contribution in [0.3, 0.4) is 0 Å². The topological polar surface area (TPSA) is 27.7 Å². The Kier molecular flexibility index (Phi) is 17.3. The lowest BCUT2D eigenvalue weighted by atomic mass is 10.1. The first-order chi connectivity index (χ1) is 17.1. The van der Waals surface area contributed by atoms with Crippen LogP contribution >= 0.6 is 0 Å². The third kappa shape index (κ3) is 13.1. The zero-order valence-electron chi connectivity index (χ0n) is 26.2.